The predicted octanol–water partition coefficient (Wildman–Crippen LogP) is 0.956. The van der Waals surface area contributed by atoms with Crippen molar-refractivity contribution in [2.75, 3.05) is 26.2 Å². The van der Waals surface area contributed by atoms with Gasteiger partial charge in [-0.05, 0) is 5.41 Å². The number of aliphatic hydroxyl groups excluding tert-OH is 1. The van der Waals surface area contributed by atoms with Gasteiger partial charge in [-0.3, -0.25) is 4.90 Å². The predicted molar refractivity (Wildman–Crippen MR) is 42.3 cm³/mol. The molecule has 12 heavy (non-hydrogen) atoms. The van der Waals surface area contributed by atoms with Crippen LogP contribution >= 0.6 is 0 Å². The number of likely N-dealkylation sites (tertiary alicyclic amines) is 1. The number of rotatable bonds is 3. The molecule has 0 unspecified atom stereocenters. The Morgan fingerprint density at radius 3 is 2.25 bits per heavy atom. The molecule has 0 radical (unpaired) electrons. The van der Waals surface area contributed by atoms with Crippen LogP contribution in [0.4, 0.5) is 8.78 Å². The monoisotopic (exact) mass is 179 g/mol. The molecule has 0 bridgehead atoms. The van der Waals surface area contributed by atoms with E-state index in [0.717, 1.165) is 0 Å². The van der Waals surface area contributed by atoms with Crippen molar-refractivity contribution in [3.63, 3.8) is 0 Å². The molecule has 1 aliphatic heterocycles. The number of aliphatic hydroxyl groups is 1. The summed E-state index contributed by atoms with van der Waals surface area (Å²) in [6.07, 6.45) is 0. The highest BCUT2D eigenvalue weighted by Crippen LogP contribution is 2.30. The van der Waals surface area contributed by atoms with E-state index in [9.17, 15) is 8.78 Å². The Hall–Kier alpha value is -0.220. The van der Waals surface area contributed by atoms with Crippen LogP contribution in [0.2, 0.25) is 0 Å². The SMILES string of the molecule is CC1(C)CN(CC(F)(F)CO)C1. The molecular weight excluding hydrogens is 164 g/mol. The first-order chi connectivity index (χ1) is 5.35. The summed E-state index contributed by atoms with van der Waals surface area (Å²) in [5.41, 5.74) is 0.172. The lowest BCUT2D eigenvalue weighted by atomic mass is 9.84. The maximum Gasteiger partial charge on any atom is 0.283 e. The van der Waals surface area contributed by atoms with E-state index >= 15 is 0 Å². The van der Waals surface area contributed by atoms with E-state index < -0.39 is 12.5 Å². The first kappa shape index (κ1) is 9.86. The largest absolute Gasteiger partial charge is 0.390 e. The van der Waals surface area contributed by atoms with Crippen molar-refractivity contribution in [2.45, 2.75) is 19.8 Å². The quantitative estimate of drug-likeness (QED) is 0.697. The summed E-state index contributed by atoms with van der Waals surface area (Å²) in [5, 5.41) is 8.32. The molecule has 1 rings (SSSR count). The molecule has 1 fully saturated rings. The fourth-order valence-electron chi connectivity index (χ4n) is 1.65. The van der Waals surface area contributed by atoms with E-state index in [2.05, 4.69) is 0 Å². The molecule has 4 heteroatoms. The molecule has 1 saturated heterocycles. The molecule has 0 amide bonds. The number of hydrogen-bond donors (Lipinski definition) is 1. The highest BCUT2D eigenvalue weighted by atomic mass is 19.3. The fraction of sp³-hybridized carbons (Fsp3) is 1.00. The maximum atomic E-state index is 12.6. The van der Waals surface area contributed by atoms with Crippen LogP contribution in [-0.2, 0) is 0 Å². The number of halogens is 2. The minimum absolute atomic E-state index is 0.172. The Bertz CT molecular complexity index is 162. The normalized spacial score (nSPS) is 23.8. The first-order valence-corrected chi connectivity index (χ1v) is 4.06. The average Bonchev–Trinajstić information content (AvgIpc) is 1.83. The minimum atomic E-state index is -2.93. The van der Waals surface area contributed by atoms with Gasteiger partial charge in [0.1, 0.15) is 6.61 Å². The molecule has 1 heterocycles. The zero-order valence-electron chi connectivity index (χ0n) is 7.48. The fourth-order valence-corrected chi connectivity index (χ4v) is 1.65. The third-order valence-corrected chi connectivity index (χ3v) is 1.99. The van der Waals surface area contributed by atoms with Gasteiger partial charge in [0.2, 0.25) is 0 Å². The van der Waals surface area contributed by atoms with Crippen LogP contribution in [0.15, 0.2) is 0 Å². The van der Waals surface area contributed by atoms with Crippen molar-refractivity contribution in [3.8, 4) is 0 Å². The third kappa shape index (κ3) is 2.38. The van der Waals surface area contributed by atoms with E-state index in [1.165, 1.54) is 0 Å². The Balaban J connectivity index is 2.27. The third-order valence-electron chi connectivity index (χ3n) is 1.99. The lowest BCUT2D eigenvalue weighted by Gasteiger charge is -2.46. The first-order valence-electron chi connectivity index (χ1n) is 4.06. The van der Waals surface area contributed by atoms with Crippen molar-refractivity contribution >= 4 is 0 Å². The lowest BCUT2D eigenvalue weighted by Crippen LogP contribution is -2.56. The van der Waals surface area contributed by atoms with Gasteiger partial charge < -0.3 is 5.11 Å². The van der Waals surface area contributed by atoms with Gasteiger partial charge in [-0.2, -0.15) is 0 Å². The van der Waals surface area contributed by atoms with Crippen molar-refractivity contribution in [1.82, 2.24) is 4.90 Å². The summed E-state index contributed by atoms with van der Waals surface area (Å²) in [5.74, 6) is -2.93. The summed E-state index contributed by atoms with van der Waals surface area (Å²) >= 11 is 0. The zero-order valence-corrected chi connectivity index (χ0v) is 7.48. The van der Waals surface area contributed by atoms with Crippen LogP contribution in [0.5, 0.6) is 0 Å². The summed E-state index contributed by atoms with van der Waals surface area (Å²) in [7, 11) is 0. The maximum absolute atomic E-state index is 12.6. The van der Waals surface area contributed by atoms with E-state index in [-0.39, 0.29) is 12.0 Å². The van der Waals surface area contributed by atoms with Crippen molar-refractivity contribution < 1.29 is 13.9 Å². The standard InChI is InChI=1S/C8H15F2NO/c1-7(2)3-11(4-7)5-8(9,10)6-12/h12H,3-6H2,1-2H3. The number of alkyl halides is 2. The molecule has 0 aromatic rings. The molecule has 0 spiro atoms. The Morgan fingerprint density at radius 2 is 1.92 bits per heavy atom. The molecular formula is C8H15F2NO. The van der Waals surface area contributed by atoms with E-state index in [1.54, 1.807) is 4.90 Å². The van der Waals surface area contributed by atoms with Crippen LogP contribution in [-0.4, -0.2) is 42.2 Å². The number of hydrogen-bond acceptors (Lipinski definition) is 2. The zero-order chi connectivity index (χ0) is 9.41. The van der Waals surface area contributed by atoms with Crippen LogP contribution in [0, 0.1) is 5.41 Å². The molecule has 72 valence electrons. The van der Waals surface area contributed by atoms with Gasteiger partial charge in [-0.15, -0.1) is 0 Å². The van der Waals surface area contributed by atoms with Gasteiger partial charge in [-0.25, -0.2) is 8.78 Å². The van der Waals surface area contributed by atoms with E-state index in [0.29, 0.717) is 13.1 Å². The second-order valence-electron chi connectivity index (χ2n) is 4.32. The summed E-state index contributed by atoms with van der Waals surface area (Å²) < 4.78 is 25.2. The van der Waals surface area contributed by atoms with Gasteiger partial charge in [0.15, 0.2) is 0 Å². The Kier molecular flexibility index (Phi) is 2.40. The smallest absolute Gasteiger partial charge is 0.283 e. The van der Waals surface area contributed by atoms with Crippen molar-refractivity contribution in [2.24, 2.45) is 5.41 Å². The molecule has 2 nitrogen and oxygen atoms in total. The highest BCUT2D eigenvalue weighted by molar-refractivity contribution is 4.89. The van der Waals surface area contributed by atoms with Crippen molar-refractivity contribution in [1.29, 1.82) is 0 Å². The van der Waals surface area contributed by atoms with Gasteiger partial charge in [0.25, 0.3) is 5.92 Å². The van der Waals surface area contributed by atoms with Crippen LogP contribution in [0.1, 0.15) is 13.8 Å². The second kappa shape index (κ2) is 2.92. The minimum Gasteiger partial charge on any atom is -0.390 e. The molecule has 1 N–H and O–H groups in total. The molecule has 0 aromatic heterocycles. The number of nitrogens with zero attached hydrogens (tertiary/aromatic N) is 1. The van der Waals surface area contributed by atoms with Gasteiger partial charge in [0.05, 0.1) is 6.54 Å². The van der Waals surface area contributed by atoms with Crippen LogP contribution < -0.4 is 0 Å². The lowest BCUT2D eigenvalue weighted by molar-refractivity contribution is -0.104. The van der Waals surface area contributed by atoms with Crippen LogP contribution in [0.3, 0.4) is 0 Å². The van der Waals surface area contributed by atoms with Crippen molar-refractivity contribution in [3.05, 3.63) is 0 Å². The van der Waals surface area contributed by atoms with E-state index in [4.69, 9.17) is 5.11 Å². The summed E-state index contributed by atoms with van der Waals surface area (Å²) in [4.78, 5) is 1.66. The van der Waals surface area contributed by atoms with Crippen LogP contribution in [0.25, 0.3) is 0 Å². The second-order valence-corrected chi connectivity index (χ2v) is 4.32. The average molecular weight is 179 g/mol. The Labute approximate surface area is 71.2 Å². The Morgan fingerprint density at radius 1 is 1.42 bits per heavy atom. The molecule has 0 aromatic carbocycles. The molecule has 0 aliphatic carbocycles. The molecule has 1 aliphatic rings. The van der Waals surface area contributed by atoms with Gasteiger partial charge in [-0.1, -0.05) is 13.8 Å². The van der Waals surface area contributed by atoms with Gasteiger partial charge >= 0.3 is 0 Å². The topological polar surface area (TPSA) is 23.5 Å². The van der Waals surface area contributed by atoms with E-state index in [1.807, 2.05) is 13.8 Å². The molecule has 0 saturated carbocycles. The highest BCUT2D eigenvalue weighted by Gasteiger charge is 2.40. The van der Waals surface area contributed by atoms with Gasteiger partial charge in [0, 0.05) is 13.1 Å². The molecule has 0 atom stereocenters. The summed E-state index contributed by atoms with van der Waals surface area (Å²) in [6.45, 7) is 4.11. The summed E-state index contributed by atoms with van der Waals surface area (Å²) in [6, 6.07) is 0.